The Hall–Kier alpha value is -13.6. The Labute approximate surface area is 866 Å². The van der Waals surface area contributed by atoms with Crippen molar-refractivity contribution in [2.45, 2.75) is 106 Å². The van der Waals surface area contributed by atoms with Crippen LogP contribution in [0.15, 0.2) is 297 Å². The number of hydrogen-bond donors (Lipinski definition) is 4. The molecule has 0 spiro atoms. The van der Waals surface area contributed by atoms with E-state index >= 15 is 0 Å². The minimum Gasteiger partial charge on any atom is -0.477 e. The number of nitrogens with zero attached hydrogens (tertiary/aromatic N) is 8. The maximum Gasteiger partial charge on any atom is 0.348 e. The van der Waals surface area contributed by atoms with Crippen molar-refractivity contribution in [3.8, 4) is 87.1 Å². The molecular weight excluding hydrogens is 2010 g/mol. The van der Waals surface area contributed by atoms with Crippen LogP contribution in [0.2, 0.25) is 5.02 Å². The number of rotatable bonds is 26. The number of fused-ring (bicyclic) bond motifs is 4. The van der Waals surface area contributed by atoms with E-state index in [1.54, 1.807) is 102 Å². The van der Waals surface area contributed by atoms with Gasteiger partial charge in [0.15, 0.2) is 51.5 Å². The molecule has 746 valence electrons. The van der Waals surface area contributed by atoms with Gasteiger partial charge >= 0.3 is 23.9 Å². The quantitative estimate of drug-likeness (QED) is 0.0366. The average Bonchev–Trinajstić information content (AvgIpc) is 1.56. The highest BCUT2D eigenvalue weighted by molar-refractivity contribution is 7.73. The number of hydrogen-bond acceptors (Lipinski definition) is 20. The average molecular weight is 2120 g/mol. The summed E-state index contributed by atoms with van der Waals surface area (Å²) in [5, 5.41) is 42.7. The standard InChI is InChI=1S/C30H29N2O4PS.C29H27N2O4PS.C27H22ClN2O4PS.C27H29N2O4PS/c1-18(2)32(37(5,35)27-13-8-19(3)15-20(27)4)24-17-28(38-29(24)30(33)34)22-11-9-21(10-12-22)26-16-23-25(36-26)7-6-14-31-23;1-18(2)31(36(4,34)22-13-7-19(3)8-14-22)24-17-27(37-28(24)29(32)33)21-11-9-20(10-12-21)26-16-23-25(35-26)6-5-15-30-23;1-16-13-19(28)10-11-24(16)35(3,33)30(2)21-15-25(36-26(21)27(31)32)18-8-6-17(7-9-18)23-14-20-22(34-23)5-4-12-29-20;1-17-6-12-20(13-7-17)34(3,32)29(2)22-16-25(35-26(22)27(30)31)19-10-8-18(9-11-19)24-15-21-23(33-24)5-4-14-28-21/h6-18H,1-5H3,(H,33,34);5-18H,1-4H3,(H,32,33);4-15H,1-3H3,(H,31,32);4-5,8-11,14-17,20H,6-7,12-13H2,1-3H3,(H,30,31). The Morgan fingerprint density at radius 3 is 0.973 bits per heavy atom. The molecule has 7 aromatic carbocycles. The molecule has 1 saturated carbocycles. The first-order chi connectivity index (χ1) is 69.6. The first kappa shape index (κ1) is 104. The Bertz CT molecular complexity index is 8210. The zero-order valence-corrected chi connectivity index (χ0v) is 90.4. The van der Waals surface area contributed by atoms with Crippen molar-refractivity contribution in [1.82, 2.24) is 19.9 Å². The number of furan rings is 4. The number of carboxylic acid groups (broad SMARTS) is 4. The third-order valence-corrected chi connectivity index (χ3v) is 42.9. The van der Waals surface area contributed by atoms with Crippen molar-refractivity contribution in [3.05, 3.63) is 326 Å². The van der Waals surface area contributed by atoms with Gasteiger partial charge < -0.3 is 61.3 Å². The van der Waals surface area contributed by atoms with Crippen LogP contribution in [-0.4, -0.2) is 123 Å². The van der Waals surface area contributed by atoms with Crippen molar-refractivity contribution < 1.29 is 75.5 Å². The van der Waals surface area contributed by atoms with Gasteiger partial charge in [-0.3, -0.25) is 33.6 Å². The number of aromatic nitrogens is 4. The molecule has 0 radical (unpaired) electrons. The third-order valence-electron chi connectivity index (χ3n) is 26.3. The first-order valence-electron chi connectivity index (χ1n) is 47.2. The van der Waals surface area contributed by atoms with Gasteiger partial charge in [-0.05, 0) is 230 Å². The SMILES string of the molecule is CC1CCC(P(C)(=O)N(C)c2cc(-c3ccc(-c4cc5ncccc5o4)cc3)sc2C(=O)O)CC1.Cc1cc(Cl)ccc1P(C)(=O)N(C)c1cc(-c2ccc(-c3cc4ncccc4o3)cc2)sc1C(=O)O.Cc1ccc(P(C)(=O)N(c2cc(-c3ccc(-c4cc5ncccc5o4)cc3)sc2C(=O)O)C(C)C)c(C)c1.Cc1ccc(P(C)(=O)N(c2cc(-c3ccc(-c4cc5ncccc5o4)cc3)sc2C(=O)O)C(C)C)cc1. The summed E-state index contributed by atoms with van der Waals surface area (Å²) < 4.78 is 87.0. The molecule has 0 saturated heterocycles. The molecule has 33 heteroatoms. The number of thiophene rings is 4. The second kappa shape index (κ2) is 42.8. The molecule has 0 amide bonds. The summed E-state index contributed by atoms with van der Waals surface area (Å²) in [4.78, 5) is 70.1. The molecule has 4 N–H and O–H groups in total. The number of halogens is 1. The number of aromatic carboxylic acids is 4. The van der Waals surface area contributed by atoms with E-state index in [1.165, 1.54) is 34.0 Å². The van der Waals surface area contributed by atoms with E-state index in [2.05, 4.69) is 26.9 Å². The predicted molar refractivity (Wildman–Crippen MR) is 599 cm³/mol. The Morgan fingerprint density at radius 1 is 0.356 bits per heavy atom. The van der Waals surface area contributed by atoms with Crippen molar-refractivity contribution in [3.63, 3.8) is 0 Å². The fourth-order valence-electron chi connectivity index (χ4n) is 18.6. The van der Waals surface area contributed by atoms with E-state index in [9.17, 15) is 57.9 Å². The van der Waals surface area contributed by atoms with Crippen molar-refractivity contribution in [1.29, 1.82) is 0 Å². The molecule has 12 aromatic heterocycles. The van der Waals surface area contributed by atoms with E-state index in [-0.39, 0.29) is 37.3 Å². The molecule has 0 aliphatic heterocycles. The zero-order valence-electron chi connectivity index (χ0n) is 82.8. The topological polar surface area (TPSA) is 335 Å². The van der Waals surface area contributed by atoms with Gasteiger partial charge in [0.05, 0.1) is 22.7 Å². The van der Waals surface area contributed by atoms with Crippen LogP contribution in [0.3, 0.4) is 0 Å². The van der Waals surface area contributed by atoms with Crippen LogP contribution in [0.4, 0.5) is 22.7 Å². The molecule has 1 aliphatic carbocycles. The van der Waals surface area contributed by atoms with Gasteiger partial charge in [0.2, 0.25) is 0 Å². The minimum absolute atomic E-state index is 0.103. The summed E-state index contributed by atoms with van der Waals surface area (Å²) in [6.45, 7) is 24.7. The zero-order chi connectivity index (χ0) is 104. The highest BCUT2D eigenvalue weighted by Crippen LogP contribution is 2.60. The van der Waals surface area contributed by atoms with Gasteiger partial charge in [0.25, 0.3) is 0 Å². The number of benzene rings is 7. The smallest absolute Gasteiger partial charge is 0.348 e. The summed E-state index contributed by atoms with van der Waals surface area (Å²) in [5.74, 6) is -0.586. The van der Waals surface area contributed by atoms with Crippen LogP contribution in [0, 0.1) is 33.6 Å². The molecule has 146 heavy (non-hydrogen) atoms. The second-order valence-electron chi connectivity index (χ2n) is 37.3. The summed E-state index contributed by atoms with van der Waals surface area (Å²) in [6.07, 6.45) is 10.9. The highest BCUT2D eigenvalue weighted by atomic mass is 35.5. The van der Waals surface area contributed by atoms with Gasteiger partial charge in [0, 0.05) is 170 Å². The first-order valence-corrected chi connectivity index (χ1v) is 59.3. The second-order valence-corrected chi connectivity index (χ2v) is 53.4. The Kier molecular flexibility index (Phi) is 30.4. The van der Waals surface area contributed by atoms with Crippen LogP contribution in [0.5, 0.6) is 0 Å². The Balaban J connectivity index is 0.000000133. The molecule has 0 bridgehead atoms. The van der Waals surface area contributed by atoms with Gasteiger partial charge in [-0.15, -0.1) is 45.3 Å². The lowest BCUT2D eigenvalue weighted by atomic mass is 9.91. The van der Waals surface area contributed by atoms with E-state index < -0.39 is 53.0 Å². The highest BCUT2D eigenvalue weighted by Gasteiger charge is 2.41. The van der Waals surface area contributed by atoms with Crippen LogP contribution >= 0.6 is 86.1 Å². The normalized spacial score (nSPS) is 14.7. The molecule has 1 aliphatic rings. The van der Waals surface area contributed by atoms with E-state index in [1.807, 2.05) is 293 Å². The van der Waals surface area contributed by atoms with Gasteiger partial charge in [-0.2, -0.15) is 0 Å². The van der Waals surface area contributed by atoms with Gasteiger partial charge in [0.1, 0.15) is 64.6 Å². The van der Waals surface area contributed by atoms with Crippen LogP contribution < -0.4 is 34.6 Å². The number of aryl methyl sites for hydroxylation is 4. The summed E-state index contributed by atoms with van der Waals surface area (Å²) in [7, 11) is -8.66. The fourth-order valence-corrected chi connectivity index (χ4v) is 32.6. The van der Waals surface area contributed by atoms with E-state index in [4.69, 9.17) is 29.3 Å². The number of carboxylic acids is 4. The van der Waals surface area contributed by atoms with Crippen LogP contribution in [0.25, 0.3) is 131 Å². The van der Waals surface area contributed by atoms with Crippen molar-refractivity contribution in [2.75, 3.05) is 59.4 Å². The molecule has 24 nitrogen and oxygen atoms in total. The van der Waals surface area contributed by atoms with Gasteiger partial charge in [-0.1, -0.05) is 151 Å². The molecule has 1 fully saturated rings. The predicted octanol–water partition coefficient (Wildman–Crippen LogP) is 31.1. The minimum atomic E-state index is -3.14. The lowest BCUT2D eigenvalue weighted by Crippen LogP contribution is -2.33. The van der Waals surface area contributed by atoms with Crippen molar-refractivity contribution in [2.24, 2.45) is 5.92 Å². The third kappa shape index (κ3) is 21.8. The molecule has 20 rings (SSSR count). The van der Waals surface area contributed by atoms with Gasteiger partial charge in [-0.25, -0.2) is 19.2 Å². The molecular formula is C113H107ClN8O16P4S4. The summed E-state index contributed by atoms with van der Waals surface area (Å²) in [6, 6.07) is 79.3. The molecule has 4 atom stereocenters. The maximum atomic E-state index is 14.4. The summed E-state index contributed by atoms with van der Waals surface area (Å²) >= 11 is 10.8. The molecule has 19 aromatic rings. The maximum absolute atomic E-state index is 14.4. The number of anilines is 4. The van der Waals surface area contributed by atoms with Crippen LogP contribution in [0.1, 0.15) is 121 Å². The van der Waals surface area contributed by atoms with Crippen LogP contribution in [-0.2, 0) is 18.3 Å². The van der Waals surface area contributed by atoms with E-state index in [0.29, 0.717) is 61.4 Å². The number of carbonyl (C=O) groups is 4. The van der Waals surface area contributed by atoms with E-state index in [0.717, 1.165) is 179 Å². The summed E-state index contributed by atoms with van der Waals surface area (Å²) in [5.41, 5.74) is 19.1. The monoisotopic (exact) mass is 2120 g/mol. The largest absolute Gasteiger partial charge is 0.477 e. The number of pyridine rings is 4. The lowest BCUT2D eigenvalue weighted by Gasteiger charge is -2.36. The molecule has 12 heterocycles. The molecule has 4 unspecified atom stereocenters. The lowest BCUT2D eigenvalue weighted by molar-refractivity contribution is 0.0692. The van der Waals surface area contributed by atoms with Crippen molar-refractivity contribution >= 4 is 193 Å². The fraction of sp³-hybridized carbons (Fsp3) is 0.204. The Morgan fingerprint density at radius 2 is 0.651 bits per heavy atom.